The van der Waals surface area contributed by atoms with Crippen molar-refractivity contribution >= 4 is 11.7 Å². The number of anilines is 1. The van der Waals surface area contributed by atoms with Gasteiger partial charge in [0.05, 0.1) is 11.9 Å². The number of amides is 2. The lowest BCUT2D eigenvalue weighted by Gasteiger charge is -2.34. The van der Waals surface area contributed by atoms with Gasteiger partial charge in [-0.3, -0.25) is 0 Å². The van der Waals surface area contributed by atoms with Crippen molar-refractivity contribution in [3.05, 3.63) is 53.7 Å². The van der Waals surface area contributed by atoms with Crippen LogP contribution >= 0.6 is 0 Å². The van der Waals surface area contributed by atoms with E-state index in [9.17, 15) is 4.79 Å². The highest BCUT2D eigenvalue weighted by Crippen LogP contribution is 2.25. The maximum Gasteiger partial charge on any atom is 0.322 e. The average molecular weight is 351 g/mol. The second-order valence-corrected chi connectivity index (χ2v) is 7.29. The van der Waals surface area contributed by atoms with Crippen LogP contribution in [0.3, 0.4) is 0 Å². The van der Waals surface area contributed by atoms with Crippen LogP contribution in [-0.4, -0.2) is 28.1 Å². The highest BCUT2D eigenvalue weighted by molar-refractivity contribution is 5.89. The quantitative estimate of drug-likeness (QED) is 0.893. The molecule has 1 aromatic carbocycles. The number of fused-ring (bicyclic) bond motifs is 1. The molecule has 1 atom stereocenters. The van der Waals surface area contributed by atoms with E-state index in [0.717, 1.165) is 19.3 Å². The molecule has 1 saturated carbocycles. The first kappa shape index (κ1) is 16.9. The monoisotopic (exact) mass is 351 g/mol. The summed E-state index contributed by atoms with van der Waals surface area (Å²) in [5.41, 5.74) is 3.25. The number of nitrogens with zero attached hydrogens (tertiary/aromatic N) is 2. The number of hydrogen-bond acceptors (Lipinski definition) is 3. The Morgan fingerprint density at radius 1 is 1.15 bits per heavy atom. The van der Waals surface area contributed by atoms with Crippen LogP contribution in [-0.2, 0) is 13.0 Å². The zero-order valence-corrected chi connectivity index (χ0v) is 15.1. The summed E-state index contributed by atoms with van der Waals surface area (Å²) in [5.74, 6) is 0.634. The number of aromatic nitrogens is 1. The summed E-state index contributed by atoms with van der Waals surface area (Å²) in [4.78, 5) is 18.9. The minimum Gasteiger partial charge on any atom is -0.474 e. The molecule has 1 fully saturated rings. The molecule has 1 aliphatic carbocycles. The zero-order chi connectivity index (χ0) is 17.9. The standard InChI is InChI=1S/C21H25N3O2/c1-15-12-16-6-2-3-7-17(16)14-24(15)21(25)23-18-10-11-20(22-13-18)26-19-8-4-5-9-19/h2-3,6-7,10-11,13,15,19H,4-5,8-9,12,14H2,1H3,(H,23,25). The molecule has 1 N–H and O–H groups in total. The molecule has 5 heteroatoms. The van der Waals surface area contributed by atoms with Crippen LogP contribution in [0, 0.1) is 0 Å². The number of rotatable bonds is 3. The Balaban J connectivity index is 1.38. The van der Waals surface area contributed by atoms with Crippen LogP contribution in [0.5, 0.6) is 5.88 Å². The average Bonchev–Trinajstić information content (AvgIpc) is 3.16. The van der Waals surface area contributed by atoms with E-state index in [1.165, 1.54) is 24.0 Å². The van der Waals surface area contributed by atoms with Crippen LogP contribution < -0.4 is 10.1 Å². The first-order chi connectivity index (χ1) is 12.7. The summed E-state index contributed by atoms with van der Waals surface area (Å²) in [6.45, 7) is 2.73. The van der Waals surface area contributed by atoms with E-state index in [2.05, 4.69) is 35.4 Å². The highest BCUT2D eigenvalue weighted by Gasteiger charge is 2.26. The SMILES string of the molecule is CC1Cc2ccccc2CN1C(=O)Nc1ccc(OC2CCCC2)nc1. The Hall–Kier alpha value is -2.56. The Kier molecular flexibility index (Phi) is 4.78. The van der Waals surface area contributed by atoms with Gasteiger partial charge in [0, 0.05) is 18.7 Å². The number of ether oxygens (including phenoxy) is 1. The van der Waals surface area contributed by atoms with Crippen LogP contribution in [0.25, 0.3) is 0 Å². The third-order valence-electron chi connectivity index (χ3n) is 5.34. The van der Waals surface area contributed by atoms with Crippen LogP contribution in [0.2, 0.25) is 0 Å². The molecular formula is C21H25N3O2. The number of urea groups is 1. The normalized spacial score (nSPS) is 19.9. The van der Waals surface area contributed by atoms with Crippen molar-refractivity contribution in [2.24, 2.45) is 0 Å². The molecule has 0 spiro atoms. The number of carbonyl (C=O) groups excluding carboxylic acids is 1. The molecule has 0 radical (unpaired) electrons. The van der Waals surface area contributed by atoms with Gasteiger partial charge in [-0.05, 0) is 56.2 Å². The van der Waals surface area contributed by atoms with Gasteiger partial charge in [0.25, 0.3) is 0 Å². The Bertz CT molecular complexity index is 769. The highest BCUT2D eigenvalue weighted by atomic mass is 16.5. The molecule has 1 aromatic heterocycles. The first-order valence-electron chi connectivity index (χ1n) is 9.46. The van der Waals surface area contributed by atoms with Gasteiger partial charge in [0.1, 0.15) is 6.10 Å². The van der Waals surface area contributed by atoms with E-state index < -0.39 is 0 Å². The molecule has 26 heavy (non-hydrogen) atoms. The van der Waals surface area contributed by atoms with Gasteiger partial charge >= 0.3 is 6.03 Å². The van der Waals surface area contributed by atoms with E-state index in [-0.39, 0.29) is 18.2 Å². The predicted molar refractivity (Wildman–Crippen MR) is 101 cm³/mol. The number of carbonyl (C=O) groups is 1. The summed E-state index contributed by atoms with van der Waals surface area (Å²) in [6, 6.07) is 12.1. The molecular weight excluding hydrogens is 326 g/mol. The molecule has 5 nitrogen and oxygen atoms in total. The first-order valence-corrected chi connectivity index (χ1v) is 9.46. The van der Waals surface area contributed by atoms with Crippen molar-refractivity contribution in [3.8, 4) is 5.88 Å². The van der Waals surface area contributed by atoms with Crippen molar-refractivity contribution < 1.29 is 9.53 Å². The molecule has 4 rings (SSSR count). The van der Waals surface area contributed by atoms with Crippen LogP contribution in [0.4, 0.5) is 10.5 Å². The van der Waals surface area contributed by atoms with Gasteiger partial charge in [-0.1, -0.05) is 24.3 Å². The molecule has 1 unspecified atom stereocenters. The third-order valence-corrected chi connectivity index (χ3v) is 5.34. The van der Waals surface area contributed by atoms with Gasteiger partial charge in [-0.25, -0.2) is 9.78 Å². The number of benzene rings is 1. The molecule has 2 aliphatic rings. The minimum absolute atomic E-state index is 0.0849. The number of pyridine rings is 1. The maximum atomic E-state index is 12.7. The van der Waals surface area contributed by atoms with E-state index >= 15 is 0 Å². The van der Waals surface area contributed by atoms with E-state index in [1.807, 2.05) is 23.1 Å². The fraction of sp³-hybridized carbons (Fsp3) is 0.429. The fourth-order valence-electron chi connectivity index (χ4n) is 3.85. The Morgan fingerprint density at radius 3 is 2.65 bits per heavy atom. The Labute approximate surface area is 154 Å². The lowest BCUT2D eigenvalue weighted by Crippen LogP contribution is -2.44. The third kappa shape index (κ3) is 3.66. The summed E-state index contributed by atoms with van der Waals surface area (Å²) < 4.78 is 5.87. The largest absolute Gasteiger partial charge is 0.474 e. The van der Waals surface area contributed by atoms with E-state index in [0.29, 0.717) is 18.1 Å². The van der Waals surface area contributed by atoms with Crippen molar-refractivity contribution in [1.82, 2.24) is 9.88 Å². The van der Waals surface area contributed by atoms with E-state index in [1.54, 1.807) is 6.20 Å². The molecule has 2 heterocycles. The van der Waals surface area contributed by atoms with Gasteiger partial charge in [-0.2, -0.15) is 0 Å². The molecule has 2 amide bonds. The van der Waals surface area contributed by atoms with Gasteiger partial charge in [-0.15, -0.1) is 0 Å². The summed E-state index contributed by atoms with van der Waals surface area (Å²) in [6.07, 6.45) is 7.52. The zero-order valence-electron chi connectivity index (χ0n) is 15.1. The summed E-state index contributed by atoms with van der Waals surface area (Å²) in [7, 11) is 0. The van der Waals surface area contributed by atoms with Crippen LogP contribution in [0.15, 0.2) is 42.6 Å². The second kappa shape index (κ2) is 7.36. The minimum atomic E-state index is -0.0849. The maximum absolute atomic E-state index is 12.7. The van der Waals surface area contributed by atoms with Gasteiger partial charge in [0.2, 0.25) is 5.88 Å². The molecule has 1 aliphatic heterocycles. The van der Waals surface area contributed by atoms with Crippen molar-refractivity contribution in [2.45, 2.75) is 57.7 Å². The van der Waals surface area contributed by atoms with Crippen LogP contribution in [0.1, 0.15) is 43.7 Å². The molecule has 0 bridgehead atoms. The molecule has 2 aromatic rings. The predicted octanol–water partition coefficient (Wildman–Crippen LogP) is 4.38. The van der Waals surface area contributed by atoms with Crippen molar-refractivity contribution in [1.29, 1.82) is 0 Å². The molecule has 0 saturated heterocycles. The van der Waals surface area contributed by atoms with E-state index in [4.69, 9.17) is 4.74 Å². The number of nitrogens with one attached hydrogen (secondary N) is 1. The lowest BCUT2D eigenvalue weighted by molar-refractivity contribution is 0.182. The smallest absolute Gasteiger partial charge is 0.322 e. The van der Waals surface area contributed by atoms with Crippen molar-refractivity contribution in [3.63, 3.8) is 0 Å². The second-order valence-electron chi connectivity index (χ2n) is 7.29. The fourth-order valence-corrected chi connectivity index (χ4v) is 3.85. The summed E-state index contributed by atoms with van der Waals surface area (Å²) >= 11 is 0. The number of hydrogen-bond donors (Lipinski definition) is 1. The van der Waals surface area contributed by atoms with Gasteiger partial charge in [0.15, 0.2) is 0 Å². The lowest BCUT2D eigenvalue weighted by atomic mass is 9.95. The van der Waals surface area contributed by atoms with Crippen molar-refractivity contribution in [2.75, 3.05) is 5.32 Å². The molecule has 136 valence electrons. The topological polar surface area (TPSA) is 54.5 Å². The Morgan fingerprint density at radius 2 is 1.92 bits per heavy atom. The summed E-state index contributed by atoms with van der Waals surface area (Å²) in [5, 5.41) is 2.96. The van der Waals surface area contributed by atoms with Gasteiger partial charge < -0.3 is 15.0 Å².